The number of hydrogen-bond acceptors (Lipinski definition) is 7. The fourth-order valence-electron chi connectivity index (χ4n) is 3.57. The summed E-state index contributed by atoms with van der Waals surface area (Å²) < 4.78 is 0. The van der Waals surface area contributed by atoms with Gasteiger partial charge in [0.05, 0.1) is 29.1 Å². The van der Waals surface area contributed by atoms with Crippen molar-refractivity contribution in [3.8, 4) is 39.7 Å². The topological polar surface area (TPSA) is 129 Å². The molecule has 31 heavy (non-hydrogen) atoms. The average molecular weight is 406 g/mol. The van der Waals surface area contributed by atoms with Crippen LogP contribution in [0.4, 0.5) is 0 Å². The highest BCUT2D eigenvalue weighted by molar-refractivity contribution is 5.95. The Morgan fingerprint density at radius 2 is 1.68 bits per heavy atom. The molecule has 6 aromatic heterocycles. The molecule has 0 radical (unpaired) electrons. The lowest BCUT2D eigenvalue weighted by Gasteiger charge is -2.01. The SMILES string of the molecule is Oc1cncc(-c2ccc3[nH]nc(-c4nc5c(-c6cccnc6)cncc5[nH]4)c3n2)c1. The van der Waals surface area contributed by atoms with Crippen molar-refractivity contribution in [1.82, 2.24) is 40.1 Å². The van der Waals surface area contributed by atoms with Crippen molar-refractivity contribution in [3.63, 3.8) is 0 Å². The minimum atomic E-state index is 0.0829. The summed E-state index contributed by atoms with van der Waals surface area (Å²) in [5.41, 5.74) is 6.80. The van der Waals surface area contributed by atoms with Crippen molar-refractivity contribution < 1.29 is 5.11 Å². The van der Waals surface area contributed by atoms with Gasteiger partial charge in [0.25, 0.3) is 0 Å². The molecule has 9 nitrogen and oxygen atoms in total. The molecule has 6 rings (SSSR count). The van der Waals surface area contributed by atoms with E-state index in [1.807, 2.05) is 24.3 Å². The number of aromatic amines is 2. The van der Waals surface area contributed by atoms with Crippen LogP contribution >= 0.6 is 0 Å². The fourth-order valence-corrected chi connectivity index (χ4v) is 3.57. The van der Waals surface area contributed by atoms with Crippen LogP contribution in [-0.4, -0.2) is 45.2 Å². The third kappa shape index (κ3) is 2.87. The highest BCUT2D eigenvalue weighted by Gasteiger charge is 2.17. The molecule has 0 unspecified atom stereocenters. The molecule has 0 atom stereocenters. The Morgan fingerprint density at radius 3 is 2.55 bits per heavy atom. The second-order valence-corrected chi connectivity index (χ2v) is 7.01. The predicted octanol–water partition coefficient (Wildman–Crippen LogP) is 3.73. The van der Waals surface area contributed by atoms with E-state index in [9.17, 15) is 5.11 Å². The number of nitrogens with zero attached hydrogens (tertiary/aromatic N) is 6. The van der Waals surface area contributed by atoms with E-state index in [1.54, 1.807) is 37.1 Å². The van der Waals surface area contributed by atoms with E-state index >= 15 is 0 Å². The average Bonchev–Trinajstić information content (AvgIpc) is 3.43. The molecule has 0 aliphatic carbocycles. The Kier molecular flexibility index (Phi) is 3.72. The number of nitrogens with one attached hydrogen (secondary N) is 2. The van der Waals surface area contributed by atoms with Gasteiger partial charge in [-0.05, 0) is 24.3 Å². The van der Waals surface area contributed by atoms with Gasteiger partial charge in [-0.2, -0.15) is 5.10 Å². The number of rotatable bonds is 3. The first-order valence-electron chi connectivity index (χ1n) is 9.50. The molecule has 9 heteroatoms. The van der Waals surface area contributed by atoms with Gasteiger partial charge < -0.3 is 10.1 Å². The van der Waals surface area contributed by atoms with Gasteiger partial charge in [-0.15, -0.1) is 0 Å². The monoisotopic (exact) mass is 406 g/mol. The zero-order chi connectivity index (χ0) is 20.8. The molecular weight excluding hydrogens is 392 g/mol. The quantitative estimate of drug-likeness (QED) is 0.408. The van der Waals surface area contributed by atoms with Gasteiger partial charge in [0, 0.05) is 41.5 Å². The second kappa shape index (κ2) is 6.70. The van der Waals surface area contributed by atoms with E-state index in [1.165, 1.54) is 6.20 Å². The summed E-state index contributed by atoms with van der Waals surface area (Å²) in [6.07, 6.45) is 10.1. The maximum absolute atomic E-state index is 9.75. The number of aromatic nitrogens is 8. The van der Waals surface area contributed by atoms with E-state index in [0.717, 1.165) is 27.7 Å². The molecule has 0 amide bonds. The van der Waals surface area contributed by atoms with Gasteiger partial charge in [0.2, 0.25) is 0 Å². The summed E-state index contributed by atoms with van der Waals surface area (Å²) >= 11 is 0. The number of aromatic hydroxyl groups is 1. The van der Waals surface area contributed by atoms with Crippen LogP contribution < -0.4 is 0 Å². The second-order valence-electron chi connectivity index (χ2n) is 7.01. The minimum absolute atomic E-state index is 0.0829. The van der Waals surface area contributed by atoms with Crippen LogP contribution in [0.15, 0.2) is 67.5 Å². The van der Waals surface area contributed by atoms with Gasteiger partial charge in [-0.25, -0.2) is 9.97 Å². The zero-order valence-electron chi connectivity index (χ0n) is 16.0. The predicted molar refractivity (Wildman–Crippen MR) is 115 cm³/mol. The third-order valence-corrected chi connectivity index (χ3v) is 5.02. The number of hydrogen-bond donors (Lipinski definition) is 3. The van der Waals surface area contributed by atoms with Gasteiger partial charge in [0.15, 0.2) is 11.5 Å². The van der Waals surface area contributed by atoms with Gasteiger partial charge in [-0.1, -0.05) is 6.07 Å². The van der Waals surface area contributed by atoms with Crippen LogP contribution in [0.25, 0.3) is 56.0 Å². The van der Waals surface area contributed by atoms with E-state index in [0.29, 0.717) is 28.3 Å². The maximum Gasteiger partial charge on any atom is 0.161 e. The van der Waals surface area contributed by atoms with Crippen LogP contribution in [0.2, 0.25) is 0 Å². The summed E-state index contributed by atoms with van der Waals surface area (Å²) in [6, 6.07) is 9.21. The molecule has 0 aromatic carbocycles. The summed E-state index contributed by atoms with van der Waals surface area (Å²) in [5.74, 6) is 0.664. The number of imidazole rings is 1. The Labute approximate surface area is 174 Å². The summed E-state index contributed by atoms with van der Waals surface area (Å²) in [4.78, 5) is 25.4. The lowest BCUT2D eigenvalue weighted by Crippen LogP contribution is -1.87. The molecule has 0 aliphatic heterocycles. The fraction of sp³-hybridized carbons (Fsp3) is 0. The van der Waals surface area contributed by atoms with Crippen molar-refractivity contribution in [2.75, 3.05) is 0 Å². The van der Waals surface area contributed by atoms with Crippen LogP contribution in [0.3, 0.4) is 0 Å². The lowest BCUT2D eigenvalue weighted by molar-refractivity contribution is 0.473. The number of fused-ring (bicyclic) bond motifs is 2. The molecule has 0 saturated carbocycles. The summed E-state index contributed by atoms with van der Waals surface area (Å²) in [5, 5.41) is 17.2. The highest BCUT2D eigenvalue weighted by atomic mass is 16.3. The molecule has 0 saturated heterocycles. The zero-order valence-corrected chi connectivity index (χ0v) is 16.0. The van der Waals surface area contributed by atoms with Gasteiger partial charge >= 0.3 is 0 Å². The van der Waals surface area contributed by atoms with Crippen LogP contribution in [0, 0.1) is 0 Å². The maximum atomic E-state index is 9.75. The van der Waals surface area contributed by atoms with Crippen LogP contribution in [0.5, 0.6) is 5.75 Å². The standard InChI is InChI=1S/C22H14N8O/c31-14-6-13(8-24-9-14)16-3-4-17-20(26-16)21(30-29-17)22-27-18-11-25-10-15(19(18)28-22)12-2-1-5-23-7-12/h1-11,31H,(H,27,28)(H,29,30). The molecule has 6 aromatic rings. The lowest BCUT2D eigenvalue weighted by atomic mass is 10.1. The van der Waals surface area contributed by atoms with E-state index in [-0.39, 0.29) is 5.75 Å². The first-order valence-corrected chi connectivity index (χ1v) is 9.50. The Hall–Kier alpha value is -4.66. The first-order chi connectivity index (χ1) is 15.3. The molecule has 6 heterocycles. The van der Waals surface area contributed by atoms with Crippen molar-refractivity contribution in [2.24, 2.45) is 0 Å². The molecule has 0 fully saturated rings. The van der Waals surface area contributed by atoms with Crippen LogP contribution in [0.1, 0.15) is 0 Å². The van der Waals surface area contributed by atoms with Crippen molar-refractivity contribution in [1.29, 1.82) is 0 Å². The number of H-pyrrole nitrogens is 2. The van der Waals surface area contributed by atoms with Gasteiger partial charge in [-0.3, -0.25) is 20.1 Å². The molecule has 0 aliphatic rings. The molecule has 0 spiro atoms. The van der Waals surface area contributed by atoms with Crippen LogP contribution in [-0.2, 0) is 0 Å². The van der Waals surface area contributed by atoms with E-state index in [4.69, 9.17) is 9.97 Å². The third-order valence-electron chi connectivity index (χ3n) is 5.02. The van der Waals surface area contributed by atoms with Crippen molar-refractivity contribution in [2.45, 2.75) is 0 Å². The minimum Gasteiger partial charge on any atom is -0.506 e. The molecule has 3 N–H and O–H groups in total. The van der Waals surface area contributed by atoms with E-state index < -0.39 is 0 Å². The Morgan fingerprint density at radius 1 is 0.774 bits per heavy atom. The van der Waals surface area contributed by atoms with Crippen molar-refractivity contribution in [3.05, 3.63) is 67.5 Å². The van der Waals surface area contributed by atoms with Gasteiger partial charge in [0.1, 0.15) is 16.8 Å². The normalized spacial score (nSPS) is 11.4. The van der Waals surface area contributed by atoms with Crippen molar-refractivity contribution >= 4 is 22.1 Å². The summed E-state index contributed by atoms with van der Waals surface area (Å²) in [6.45, 7) is 0. The summed E-state index contributed by atoms with van der Waals surface area (Å²) in [7, 11) is 0. The largest absolute Gasteiger partial charge is 0.506 e. The number of pyridine rings is 4. The van der Waals surface area contributed by atoms with E-state index in [2.05, 4.69) is 30.1 Å². The molecule has 0 bridgehead atoms. The molecule has 148 valence electrons. The first kappa shape index (κ1) is 17.2. The molecular formula is C22H14N8O. The Bertz CT molecular complexity index is 1550. The smallest absolute Gasteiger partial charge is 0.161 e. The Balaban J connectivity index is 1.51. The highest BCUT2D eigenvalue weighted by Crippen LogP contribution is 2.31.